The topological polar surface area (TPSA) is 52.6 Å². The molecule has 1 aliphatic rings. The predicted molar refractivity (Wildman–Crippen MR) is 60.8 cm³/mol. The molecule has 0 N–H and O–H groups in total. The molecular formula is C13H12O4. The van der Waals surface area contributed by atoms with Gasteiger partial charge in [-0.15, -0.1) is 0 Å². The lowest BCUT2D eigenvalue weighted by molar-refractivity contribution is -0.135. The standard InChI is InChI=1S/C13H12O4/c1-8(2)13(15)16-10-4-5-11-9(7-10)3-6-12(14)17-11/h4-5,7H,1,3,6H2,2H3. The van der Waals surface area contributed by atoms with Crippen molar-refractivity contribution in [2.45, 2.75) is 19.8 Å². The van der Waals surface area contributed by atoms with Crippen LogP contribution < -0.4 is 9.47 Å². The number of carbonyl (C=O) groups is 2. The van der Waals surface area contributed by atoms with Crippen molar-refractivity contribution in [2.24, 2.45) is 0 Å². The number of hydrogen-bond donors (Lipinski definition) is 0. The minimum absolute atomic E-state index is 0.232. The molecule has 1 heterocycles. The fourth-order valence-electron chi connectivity index (χ4n) is 1.52. The molecule has 0 aliphatic carbocycles. The Bertz CT molecular complexity index is 502. The van der Waals surface area contributed by atoms with Gasteiger partial charge in [0.15, 0.2) is 0 Å². The van der Waals surface area contributed by atoms with Crippen molar-refractivity contribution in [1.82, 2.24) is 0 Å². The van der Waals surface area contributed by atoms with Gasteiger partial charge in [0.05, 0.1) is 6.42 Å². The molecule has 0 amide bonds. The summed E-state index contributed by atoms with van der Waals surface area (Å²) in [7, 11) is 0. The molecule has 0 spiro atoms. The normalized spacial score (nSPS) is 13.6. The van der Waals surface area contributed by atoms with Crippen molar-refractivity contribution >= 4 is 11.9 Å². The van der Waals surface area contributed by atoms with Crippen molar-refractivity contribution in [2.75, 3.05) is 0 Å². The quantitative estimate of drug-likeness (QED) is 0.444. The first-order valence-electron chi connectivity index (χ1n) is 5.27. The van der Waals surface area contributed by atoms with Crippen molar-refractivity contribution in [3.63, 3.8) is 0 Å². The summed E-state index contributed by atoms with van der Waals surface area (Å²) in [6.45, 7) is 5.09. The van der Waals surface area contributed by atoms with Crippen LogP contribution in [0.4, 0.5) is 0 Å². The van der Waals surface area contributed by atoms with Crippen LogP contribution in [-0.2, 0) is 16.0 Å². The third-order valence-corrected chi connectivity index (χ3v) is 2.41. The molecule has 1 aromatic carbocycles. The SMILES string of the molecule is C=C(C)C(=O)Oc1ccc2c(c1)CCC(=O)O2. The average Bonchev–Trinajstić information content (AvgIpc) is 2.29. The molecule has 0 aromatic heterocycles. The minimum atomic E-state index is -0.460. The van der Waals surface area contributed by atoms with Gasteiger partial charge in [-0.2, -0.15) is 0 Å². The summed E-state index contributed by atoms with van der Waals surface area (Å²) in [6, 6.07) is 4.94. The summed E-state index contributed by atoms with van der Waals surface area (Å²) in [5.74, 6) is 0.285. The lowest BCUT2D eigenvalue weighted by Gasteiger charge is -2.16. The third-order valence-electron chi connectivity index (χ3n) is 2.41. The Hall–Kier alpha value is -2.10. The van der Waals surface area contributed by atoms with E-state index in [2.05, 4.69) is 6.58 Å². The van der Waals surface area contributed by atoms with Crippen LogP contribution in [0.2, 0.25) is 0 Å². The van der Waals surface area contributed by atoms with Crippen LogP contribution >= 0.6 is 0 Å². The van der Waals surface area contributed by atoms with E-state index in [0.29, 0.717) is 29.9 Å². The summed E-state index contributed by atoms with van der Waals surface area (Å²) >= 11 is 0. The van der Waals surface area contributed by atoms with Gasteiger partial charge in [-0.25, -0.2) is 4.79 Å². The Morgan fingerprint density at radius 2 is 2.18 bits per heavy atom. The Morgan fingerprint density at radius 3 is 2.88 bits per heavy atom. The van der Waals surface area contributed by atoms with E-state index in [1.54, 1.807) is 25.1 Å². The smallest absolute Gasteiger partial charge is 0.338 e. The summed E-state index contributed by atoms with van der Waals surface area (Å²) in [5, 5.41) is 0. The Morgan fingerprint density at radius 1 is 1.41 bits per heavy atom. The molecule has 0 radical (unpaired) electrons. The van der Waals surface area contributed by atoms with Crippen molar-refractivity contribution in [1.29, 1.82) is 0 Å². The maximum absolute atomic E-state index is 11.3. The molecule has 4 heteroatoms. The molecule has 1 aliphatic heterocycles. The molecule has 0 fully saturated rings. The van der Waals surface area contributed by atoms with Crippen LogP contribution in [-0.4, -0.2) is 11.9 Å². The Balaban J connectivity index is 2.19. The van der Waals surface area contributed by atoms with Crippen LogP contribution in [0.25, 0.3) is 0 Å². The van der Waals surface area contributed by atoms with E-state index in [1.165, 1.54) is 0 Å². The zero-order chi connectivity index (χ0) is 12.4. The number of hydrogen-bond acceptors (Lipinski definition) is 4. The number of aryl methyl sites for hydroxylation is 1. The molecule has 2 rings (SSSR count). The second-order valence-electron chi connectivity index (χ2n) is 3.91. The third kappa shape index (κ3) is 2.53. The molecule has 17 heavy (non-hydrogen) atoms. The number of carbonyl (C=O) groups excluding carboxylic acids is 2. The molecule has 4 nitrogen and oxygen atoms in total. The monoisotopic (exact) mass is 232 g/mol. The van der Waals surface area contributed by atoms with E-state index in [4.69, 9.17) is 9.47 Å². The first kappa shape index (κ1) is 11.4. The van der Waals surface area contributed by atoms with Gasteiger partial charge in [-0.3, -0.25) is 4.79 Å². The van der Waals surface area contributed by atoms with Gasteiger partial charge in [0.2, 0.25) is 0 Å². The van der Waals surface area contributed by atoms with Gasteiger partial charge in [0.25, 0.3) is 0 Å². The summed E-state index contributed by atoms with van der Waals surface area (Å²) in [5.41, 5.74) is 1.21. The molecule has 88 valence electrons. The van der Waals surface area contributed by atoms with E-state index >= 15 is 0 Å². The molecule has 0 atom stereocenters. The largest absolute Gasteiger partial charge is 0.426 e. The predicted octanol–water partition coefficient (Wildman–Crippen LogP) is 2.02. The molecule has 0 saturated carbocycles. The fraction of sp³-hybridized carbons (Fsp3) is 0.231. The zero-order valence-corrected chi connectivity index (χ0v) is 9.49. The highest BCUT2D eigenvalue weighted by Crippen LogP contribution is 2.29. The van der Waals surface area contributed by atoms with Crippen molar-refractivity contribution in [3.05, 3.63) is 35.9 Å². The van der Waals surface area contributed by atoms with E-state index in [9.17, 15) is 9.59 Å². The van der Waals surface area contributed by atoms with E-state index < -0.39 is 5.97 Å². The van der Waals surface area contributed by atoms with Gasteiger partial charge < -0.3 is 9.47 Å². The van der Waals surface area contributed by atoms with Gasteiger partial charge in [-0.05, 0) is 37.1 Å². The van der Waals surface area contributed by atoms with Crippen LogP contribution in [0.5, 0.6) is 11.5 Å². The van der Waals surface area contributed by atoms with Gasteiger partial charge in [0, 0.05) is 5.57 Å². The molecular weight excluding hydrogens is 220 g/mol. The van der Waals surface area contributed by atoms with E-state index in [1.807, 2.05) is 0 Å². The maximum Gasteiger partial charge on any atom is 0.338 e. The van der Waals surface area contributed by atoms with Gasteiger partial charge >= 0.3 is 11.9 Å². The second-order valence-corrected chi connectivity index (χ2v) is 3.91. The summed E-state index contributed by atoms with van der Waals surface area (Å²) < 4.78 is 10.1. The minimum Gasteiger partial charge on any atom is -0.426 e. The number of rotatable bonds is 2. The lowest BCUT2D eigenvalue weighted by atomic mass is 10.1. The molecule has 0 saturated heterocycles. The highest BCUT2D eigenvalue weighted by atomic mass is 16.5. The van der Waals surface area contributed by atoms with Gasteiger partial charge in [-0.1, -0.05) is 6.58 Å². The number of ether oxygens (including phenoxy) is 2. The molecule has 0 unspecified atom stereocenters. The zero-order valence-electron chi connectivity index (χ0n) is 9.49. The van der Waals surface area contributed by atoms with Crippen molar-refractivity contribution < 1.29 is 19.1 Å². The summed E-state index contributed by atoms with van der Waals surface area (Å²) in [4.78, 5) is 22.4. The van der Waals surface area contributed by atoms with Crippen LogP contribution in [0.1, 0.15) is 18.9 Å². The molecule has 0 bridgehead atoms. The first-order chi connectivity index (χ1) is 8.06. The lowest BCUT2D eigenvalue weighted by Crippen LogP contribution is -2.16. The highest BCUT2D eigenvalue weighted by Gasteiger charge is 2.18. The average molecular weight is 232 g/mol. The fourth-order valence-corrected chi connectivity index (χ4v) is 1.52. The molecule has 1 aromatic rings. The first-order valence-corrected chi connectivity index (χ1v) is 5.27. The highest BCUT2D eigenvalue weighted by molar-refractivity contribution is 5.88. The van der Waals surface area contributed by atoms with Crippen LogP contribution in [0, 0.1) is 0 Å². The maximum atomic E-state index is 11.3. The Labute approximate surface area is 98.8 Å². The number of esters is 2. The van der Waals surface area contributed by atoms with Crippen molar-refractivity contribution in [3.8, 4) is 11.5 Å². The van der Waals surface area contributed by atoms with E-state index in [-0.39, 0.29) is 5.97 Å². The van der Waals surface area contributed by atoms with Crippen LogP contribution in [0.3, 0.4) is 0 Å². The Kier molecular flexibility index (Phi) is 2.95. The van der Waals surface area contributed by atoms with Gasteiger partial charge in [0.1, 0.15) is 11.5 Å². The number of benzene rings is 1. The summed E-state index contributed by atoms with van der Waals surface area (Å²) in [6.07, 6.45) is 0.956. The number of fused-ring (bicyclic) bond motifs is 1. The van der Waals surface area contributed by atoms with E-state index in [0.717, 1.165) is 5.56 Å². The second kappa shape index (κ2) is 4.41. The van der Waals surface area contributed by atoms with Crippen LogP contribution in [0.15, 0.2) is 30.4 Å².